The Kier molecular flexibility index (Phi) is 38.4. The van der Waals surface area contributed by atoms with Gasteiger partial charge in [-0.25, -0.2) is 28.1 Å². The average Bonchev–Trinajstić information content (AvgIpc) is 1.69. The summed E-state index contributed by atoms with van der Waals surface area (Å²) in [4.78, 5) is 86.1. The number of rotatable bonds is 23. The number of furan rings is 1. The number of allylic oxidation sites excluding steroid dienone is 1. The lowest BCUT2D eigenvalue weighted by atomic mass is 10.0. The fraction of sp³-hybridized carbons (Fsp3) is 0.0940. The Bertz CT molecular complexity index is 7550. The van der Waals surface area contributed by atoms with Crippen molar-refractivity contribution in [2.45, 2.75) is 51.9 Å². The molecular weight excluding hydrogens is 1920 g/mol. The van der Waals surface area contributed by atoms with E-state index >= 15 is 0 Å². The zero-order chi connectivity index (χ0) is 101. The van der Waals surface area contributed by atoms with Crippen LogP contribution in [0.3, 0.4) is 0 Å². The minimum atomic E-state index is -0.250. The van der Waals surface area contributed by atoms with Crippen molar-refractivity contribution in [3.8, 4) is 5.75 Å². The molecule has 9 heterocycles. The van der Waals surface area contributed by atoms with Gasteiger partial charge in [-0.05, 0) is 260 Å². The largest absolute Gasteiger partial charge is 0.497 e. The number of aromatic nitrogens is 14. The summed E-state index contributed by atoms with van der Waals surface area (Å²) in [6.45, 7) is 5.26. The van der Waals surface area contributed by atoms with E-state index in [9.17, 15) is 33.6 Å². The molecule has 724 valence electrons. The topological polar surface area (TPSA) is 267 Å². The van der Waals surface area contributed by atoms with Crippen LogP contribution < -0.4 is 4.74 Å². The van der Waals surface area contributed by atoms with Gasteiger partial charge in [0.1, 0.15) is 11.5 Å². The number of benzene rings is 9. The smallest absolute Gasteiger partial charge is 0.279 e. The van der Waals surface area contributed by atoms with Gasteiger partial charge < -0.3 is 9.15 Å². The highest BCUT2D eigenvalue weighted by molar-refractivity contribution is 7.10. The fourth-order valence-corrected chi connectivity index (χ4v) is 15.7. The number of carbonyl (C=O) groups excluding carboxylic acids is 7. The highest BCUT2D eigenvalue weighted by Crippen LogP contribution is 2.32. The molecule has 0 saturated heterocycles. The fourth-order valence-electron chi connectivity index (χ4n) is 14.2. The molecular formula is C117H98Cl4N14O9S. The van der Waals surface area contributed by atoms with E-state index < -0.39 is 0 Å². The van der Waals surface area contributed by atoms with Crippen molar-refractivity contribution >= 4 is 184 Å². The van der Waals surface area contributed by atoms with Crippen LogP contribution in [0.15, 0.2) is 381 Å². The van der Waals surface area contributed by atoms with E-state index in [1.54, 1.807) is 215 Å². The van der Waals surface area contributed by atoms with Crippen LogP contribution in [0.2, 0.25) is 20.1 Å². The standard InChI is InChI=1S/C19H16N2O2.C18H13ClN2O.C18H14N2O.C16H11ClN2OS.C16H18N2O2.C15H12Cl2N2O.C15H14N2O/c1-23-18-11-8-16(9-12-18)19(22)21-14-13-17(20-21)10-7-15-5-3-2-4-6-15;19-17-9-5-4-8-16(17)18(22)21-13-12-15(20-21)11-10-14-6-2-1-3-7-14;21-18(16-9-5-2-6-10-16)20-14-13-17(19-20)12-11-15-7-3-1-4-8-15;17-15-6-2-1-5-14(15)16(20)19-10-9-12(18-19)7-8-13-4-3-11-21-13;19-16(12-13-4-1-2-5-13)18-10-9-14(17-18)7-8-15-6-3-11-20-15;1-10(2)15(20)19-11(8-9-18-19)6-7-12-13(16)4-3-5-14(12)17;18-15(13-7-8-13)17-11-10-14(16-17)9-6-12-4-2-1-3-5-12/h2-14H,1H3;1-13H;1-14H;1-11H;3,6-11,13H,1-2,4-5,12H2;3-9H,1H2,2H3;1-6,9-11,13H,7-8H2/b10-7+;11-10+;12-11+;2*8-7+;7-6+;9-6+. The lowest BCUT2D eigenvalue weighted by Crippen LogP contribution is -2.14. The molecule has 23 nitrogen and oxygen atoms in total. The first-order valence-corrected chi connectivity index (χ1v) is 48.6. The minimum Gasteiger partial charge on any atom is -0.497 e. The maximum Gasteiger partial charge on any atom is 0.279 e. The second-order valence-electron chi connectivity index (χ2n) is 32.6. The summed E-state index contributed by atoms with van der Waals surface area (Å²) >= 11 is 25.9. The summed E-state index contributed by atoms with van der Waals surface area (Å²) in [6.07, 6.45) is 47.2. The van der Waals surface area contributed by atoms with Crippen molar-refractivity contribution < 1.29 is 42.7 Å². The Morgan fingerprint density at radius 2 is 0.772 bits per heavy atom. The number of hydrogen-bond acceptors (Lipinski definition) is 17. The van der Waals surface area contributed by atoms with Crippen molar-refractivity contribution in [1.82, 2.24) is 68.5 Å². The Balaban J connectivity index is 0.000000134. The van der Waals surface area contributed by atoms with Gasteiger partial charge in [-0.15, -0.1) is 11.3 Å². The Labute approximate surface area is 862 Å². The van der Waals surface area contributed by atoms with E-state index in [0.29, 0.717) is 83.0 Å². The normalized spacial score (nSPS) is 12.2. The molecule has 2 aliphatic carbocycles. The van der Waals surface area contributed by atoms with Crippen LogP contribution in [0, 0.1) is 11.8 Å². The predicted molar refractivity (Wildman–Crippen MR) is 581 cm³/mol. The molecule has 0 unspecified atom stereocenters. The molecule has 0 N–H and O–H groups in total. The molecule has 0 amide bonds. The van der Waals surface area contributed by atoms with Crippen LogP contribution in [0.25, 0.3) is 85.1 Å². The van der Waals surface area contributed by atoms with E-state index in [1.807, 2.05) is 260 Å². The molecule has 0 aliphatic heterocycles. The van der Waals surface area contributed by atoms with Crippen LogP contribution in [0.5, 0.6) is 5.75 Å². The molecule has 2 fully saturated rings. The summed E-state index contributed by atoms with van der Waals surface area (Å²) in [5.41, 5.74) is 12.7. The summed E-state index contributed by atoms with van der Waals surface area (Å²) in [7, 11) is 1.59. The van der Waals surface area contributed by atoms with Gasteiger partial charge in [0.2, 0.25) is 11.8 Å². The zero-order valence-corrected chi connectivity index (χ0v) is 82.7. The number of nitrogens with zero attached hydrogens (tertiary/aromatic N) is 14. The van der Waals surface area contributed by atoms with E-state index in [4.69, 9.17) is 55.6 Å². The van der Waals surface area contributed by atoms with Gasteiger partial charge in [0.15, 0.2) is 0 Å². The molecule has 2 saturated carbocycles. The Morgan fingerprint density at radius 1 is 0.379 bits per heavy atom. The first-order chi connectivity index (χ1) is 70.7. The average molecular weight is 2020 g/mol. The second-order valence-corrected chi connectivity index (χ2v) is 35.3. The number of methoxy groups -OCH3 is 1. The third kappa shape index (κ3) is 31.7. The van der Waals surface area contributed by atoms with E-state index in [0.717, 1.165) is 74.2 Å². The van der Waals surface area contributed by atoms with Gasteiger partial charge in [0, 0.05) is 86.7 Å². The van der Waals surface area contributed by atoms with Crippen LogP contribution in [0.4, 0.5) is 0 Å². The molecule has 0 radical (unpaired) electrons. The van der Waals surface area contributed by atoms with Crippen LogP contribution in [-0.2, 0) is 0 Å². The predicted octanol–water partition coefficient (Wildman–Crippen LogP) is 27.9. The van der Waals surface area contributed by atoms with Crippen molar-refractivity contribution in [2.24, 2.45) is 11.8 Å². The monoisotopic (exact) mass is 2010 g/mol. The summed E-state index contributed by atoms with van der Waals surface area (Å²) in [6, 6.07) is 95.5. The molecule has 145 heavy (non-hydrogen) atoms. The van der Waals surface area contributed by atoms with Crippen molar-refractivity contribution in [1.29, 1.82) is 0 Å². The molecule has 2 aliphatic rings. The van der Waals surface area contributed by atoms with E-state index in [-0.39, 0.29) is 47.3 Å². The van der Waals surface area contributed by atoms with Crippen molar-refractivity contribution in [2.75, 3.05) is 7.11 Å². The van der Waals surface area contributed by atoms with Crippen molar-refractivity contribution in [3.05, 3.63) is 497 Å². The number of carbonyl (C=O) groups is 7. The maximum absolute atomic E-state index is 12.4. The molecule has 18 aromatic rings. The molecule has 20 rings (SSSR count). The molecule has 0 atom stereocenters. The SMILES string of the molecule is C=C(C)C(=O)n1nccc1/C=C/c1c(Cl)cccc1Cl.COc1ccc(C(=O)n2ccc(/C=C/c3ccccc3)n2)cc1.O=C(C1CC1)n1ccc(/C=C/c2ccccc2)n1.O=C(CC1CCCC1)n1ccc(/C=C/c2ccco2)n1.O=C(c1ccccc1)n1ccc(/C=C/c2ccccc2)n1.O=C(c1ccccc1Cl)n1ccc(/C=C/c2ccccc2)n1.O=C(c1ccccc1Cl)n1ccc(/C=C/c2cccs2)n1. The van der Waals surface area contributed by atoms with Gasteiger partial charge in [0.05, 0.1) is 80.6 Å². The summed E-state index contributed by atoms with van der Waals surface area (Å²) < 4.78 is 19.8. The number of thiophene rings is 1. The first-order valence-electron chi connectivity index (χ1n) is 46.2. The van der Waals surface area contributed by atoms with Gasteiger partial charge in [-0.3, -0.25) is 33.6 Å². The first kappa shape index (κ1) is 104. The Morgan fingerprint density at radius 3 is 1.19 bits per heavy atom. The third-order valence-electron chi connectivity index (χ3n) is 22.0. The van der Waals surface area contributed by atoms with Crippen LogP contribution in [0.1, 0.15) is 186 Å². The van der Waals surface area contributed by atoms with E-state index in [2.05, 4.69) is 42.3 Å². The van der Waals surface area contributed by atoms with Crippen LogP contribution >= 0.6 is 57.7 Å². The molecule has 0 bridgehead atoms. The Hall–Kier alpha value is -17.0. The van der Waals surface area contributed by atoms with Gasteiger partial charge in [0.25, 0.3) is 29.5 Å². The van der Waals surface area contributed by atoms with Gasteiger partial charge in [-0.2, -0.15) is 40.4 Å². The number of ether oxygens (including phenoxy) is 1. The highest BCUT2D eigenvalue weighted by Gasteiger charge is 2.31. The lowest BCUT2D eigenvalue weighted by molar-refractivity contribution is 0.0858. The quantitative estimate of drug-likeness (QED) is 0.0539. The third-order valence-corrected chi connectivity index (χ3v) is 24.1. The summed E-state index contributed by atoms with van der Waals surface area (Å²) in [5, 5.41) is 33.6. The molecule has 9 aromatic heterocycles. The second kappa shape index (κ2) is 53.6. The lowest BCUT2D eigenvalue weighted by Gasteiger charge is -2.06. The van der Waals surface area contributed by atoms with E-state index in [1.165, 1.54) is 58.5 Å². The zero-order valence-electron chi connectivity index (χ0n) is 78.9. The molecule has 28 heteroatoms. The van der Waals surface area contributed by atoms with Crippen LogP contribution in [-0.4, -0.2) is 117 Å². The summed E-state index contributed by atoms with van der Waals surface area (Å²) in [5.74, 6) is 1.42. The maximum atomic E-state index is 12.4. The van der Waals surface area contributed by atoms with Crippen molar-refractivity contribution in [3.63, 3.8) is 0 Å². The number of hydrogen-bond donors (Lipinski definition) is 0. The molecule has 9 aromatic carbocycles. The highest BCUT2D eigenvalue weighted by atomic mass is 35.5. The van der Waals surface area contributed by atoms with Gasteiger partial charge in [-0.1, -0.05) is 266 Å². The molecule has 0 spiro atoms. The van der Waals surface area contributed by atoms with Gasteiger partial charge >= 0.3 is 0 Å². The number of halogens is 4. The minimum absolute atomic E-state index is 0.0922.